The molecule has 54 valence electrons. The second-order valence-electron chi connectivity index (χ2n) is 2.34. The lowest BCUT2D eigenvalue weighted by molar-refractivity contribution is -0.121. The van der Waals surface area contributed by atoms with Gasteiger partial charge >= 0.3 is 0 Å². The van der Waals surface area contributed by atoms with Gasteiger partial charge in [-0.05, 0) is 7.05 Å². The number of nitrogens with zero attached hydrogens (tertiary/aromatic N) is 1. The molecule has 1 aliphatic heterocycles. The summed E-state index contributed by atoms with van der Waals surface area (Å²) in [4.78, 5) is 12.8. The number of hydrogen-bond donors (Lipinski definition) is 0. The highest BCUT2D eigenvalue weighted by Crippen LogP contribution is 2.01. The molecule has 2 nitrogen and oxygen atoms in total. The van der Waals surface area contributed by atoms with Gasteiger partial charge in [0.2, 0.25) is 0 Å². The topological polar surface area (TPSA) is 20.3 Å². The molecule has 1 fully saturated rings. The smallest absolute Gasteiger partial charge is 0.135 e. The van der Waals surface area contributed by atoms with Crippen LogP contribution >= 0.6 is 24.0 Å². The molecule has 0 spiro atoms. The van der Waals surface area contributed by atoms with E-state index in [1.807, 2.05) is 7.05 Å². The fraction of sp³-hybridized carbons (Fsp3) is 0.833. The predicted molar refractivity (Wildman–Crippen MR) is 47.2 cm³/mol. The van der Waals surface area contributed by atoms with Crippen molar-refractivity contribution in [3.8, 4) is 0 Å². The van der Waals surface area contributed by atoms with Crippen LogP contribution in [-0.2, 0) is 4.79 Å². The van der Waals surface area contributed by atoms with Crippen LogP contribution in [0.1, 0.15) is 12.8 Å². The first-order valence-corrected chi connectivity index (χ1v) is 2.99. The Hall–Kier alpha value is 0.360. The van der Waals surface area contributed by atoms with Crippen LogP contribution in [0.15, 0.2) is 0 Å². The van der Waals surface area contributed by atoms with Crippen LogP contribution in [0.5, 0.6) is 0 Å². The fourth-order valence-corrected chi connectivity index (χ4v) is 0.868. The van der Waals surface area contributed by atoms with E-state index in [1.165, 1.54) is 0 Å². The zero-order valence-corrected chi connectivity index (χ0v) is 7.92. The third kappa shape index (κ3) is 3.15. The summed E-state index contributed by atoms with van der Waals surface area (Å²) < 4.78 is 0. The van der Waals surface area contributed by atoms with Gasteiger partial charge in [0.15, 0.2) is 0 Å². The highest BCUT2D eigenvalue weighted by molar-refractivity contribution is 14.0. The van der Waals surface area contributed by atoms with E-state index >= 15 is 0 Å². The van der Waals surface area contributed by atoms with E-state index in [4.69, 9.17) is 0 Å². The molecule has 9 heavy (non-hydrogen) atoms. The van der Waals surface area contributed by atoms with Crippen LogP contribution < -0.4 is 0 Å². The van der Waals surface area contributed by atoms with Gasteiger partial charge in [-0.2, -0.15) is 0 Å². The van der Waals surface area contributed by atoms with E-state index in [0.29, 0.717) is 5.78 Å². The maximum Gasteiger partial charge on any atom is 0.135 e. The highest BCUT2D eigenvalue weighted by Gasteiger charge is 2.10. The van der Waals surface area contributed by atoms with Crippen LogP contribution in [0.4, 0.5) is 0 Å². The molecule has 1 saturated heterocycles. The van der Waals surface area contributed by atoms with Crippen molar-refractivity contribution in [3.05, 3.63) is 0 Å². The van der Waals surface area contributed by atoms with Crippen LogP contribution in [0.25, 0.3) is 0 Å². The molecular formula is C6H12INO. The monoisotopic (exact) mass is 241 g/mol. The second-order valence-corrected chi connectivity index (χ2v) is 2.34. The molecule has 0 radical (unpaired) electrons. The normalized spacial score (nSPS) is 21.2. The molecule has 0 amide bonds. The van der Waals surface area contributed by atoms with Crippen molar-refractivity contribution in [2.24, 2.45) is 0 Å². The average molecular weight is 241 g/mol. The van der Waals surface area contributed by atoms with E-state index in [2.05, 4.69) is 4.90 Å². The van der Waals surface area contributed by atoms with Gasteiger partial charge in [0.1, 0.15) is 5.78 Å². The molecule has 0 saturated carbocycles. The Kier molecular flexibility index (Phi) is 4.39. The first-order valence-electron chi connectivity index (χ1n) is 2.99. The van der Waals surface area contributed by atoms with Gasteiger partial charge < -0.3 is 4.90 Å². The molecule has 0 aromatic carbocycles. The first-order chi connectivity index (χ1) is 3.79. The molecule has 0 aromatic rings. The molecule has 3 heteroatoms. The summed E-state index contributed by atoms with van der Waals surface area (Å²) in [5, 5.41) is 0. The predicted octanol–water partition coefficient (Wildman–Crippen LogP) is 0.899. The molecule has 0 N–H and O–H groups in total. The maximum absolute atomic E-state index is 10.6. The van der Waals surface area contributed by atoms with Crippen molar-refractivity contribution in [2.75, 3.05) is 20.1 Å². The minimum absolute atomic E-state index is 0. The highest BCUT2D eigenvalue weighted by atomic mass is 127. The molecule has 1 rings (SSSR count). The molecule has 0 bridgehead atoms. The van der Waals surface area contributed by atoms with Crippen LogP contribution in [0.3, 0.4) is 0 Å². The summed E-state index contributed by atoms with van der Waals surface area (Å²) >= 11 is 0. The Morgan fingerprint density at radius 2 is 1.78 bits per heavy atom. The van der Waals surface area contributed by atoms with Crippen molar-refractivity contribution in [3.63, 3.8) is 0 Å². The third-order valence-corrected chi connectivity index (χ3v) is 1.54. The van der Waals surface area contributed by atoms with Crippen molar-refractivity contribution >= 4 is 29.8 Å². The number of halogens is 1. The lowest BCUT2D eigenvalue weighted by Gasteiger charge is -2.19. The number of rotatable bonds is 0. The molecular weight excluding hydrogens is 229 g/mol. The van der Waals surface area contributed by atoms with Gasteiger partial charge in [-0.3, -0.25) is 4.79 Å². The van der Waals surface area contributed by atoms with Gasteiger partial charge in [0.25, 0.3) is 0 Å². The summed E-state index contributed by atoms with van der Waals surface area (Å²) in [5.74, 6) is 0.420. The summed E-state index contributed by atoms with van der Waals surface area (Å²) in [7, 11) is 2.05. The summed E-state index contributed by atoms with van der Waals surface area (Å²) in [5.41, 5.74) is 0. The van der Waals surface area contributed by atoms with Gasteiger partial charge in [0.05, 0.1) is 0 Å². The van der Waals surface area contributed by atoms with E-state index in [-0.39, 0.29) is 24.0 Å². The number of ketones is 1. The minimum Gasteiger partial charge on any atom is -0.305 e. The largest absolute Gasteiger partial charge is 0.305 e. The van der Waals surface area contributed by atoms with Gasteiger partial charge in [0, 0.05) is 25.9 Å². The molecule has 1 aliphatic rings. The standard InChI is InChI=1S/C6H11NO.HI/c1-7-4-2-6(8)3-5-7;/h2-5H2,1H3;1H. The van der Waals surface area contributed by atoms with Crippen LogP contribution in [0, 0.1) is 0 Å². The van der Waals surface area contributed by atoms with Gasteiger partial charge in [-0.1, -0.05) is 0 Å². The number of piperidine rings is 1. The number of Topliss-reactive ketones (excluding diaryl/α,β-unsaturated/α-hetero) is 1. The lowest BCUT2D eigenvalue weighted by Crippen LogP contribution is -2.29. The lowest BCUT2D eigenvalue weighted by atomic mass is 10.1. The maximum atomic E-state index is 10.6. The van der Waals surface area contributed by atoms with Gasteiger partial charge in [-0.15, -0.1) is 24.0 Å². The SMILES string of the molecule is CN1CCC(=O)CC1.I. The molecule has 0 aromatic heterocycles. The second kappa shape index (κ2) is 4.22. The van der Waals surface area contributed by atoms with Crippen molar-refractivity contribution < 1.29 is 4.79 Å². The van der Waals surface area contributed by atoms with Crippen LogP contribution in [0.2, 0.25) is 0 Å². The van der Waals surface area contributed by atoms with Crippen molar-refractivity contribution in [2.45, 2.75) is 12.8 Å². The zero-order valence-electron chi connectivity index (χ0n) is 5.59. The van der Waals surface area contributed by atoms with Crippen molar-refractivity contribution in [1.29, 1.82) is 0 Å². The quantitative estimate of drug-likeness (QED) is 0.587. The van der Waals surface area contributed by atoms with Crippen LogP contribution in [-0.4, -0.2) is 30.8 Å². The molecule has 0 aliphatic carbocycles. The Balaban J connectivity index is 0.000000640. The minimum atomic E-state index is 0. The van der Waals surface area contributed by atoms with E-state index in [1.54, 1.807) is 0 Å². The fourth-order valence-electron chi connectivity index (χ4n) is 0.868. The number of hydrogen-bond acceptors (Lipinski definition) is 2. The summed E-state index contributed by atoms with van der Waals surface area (Å²) in [6.45, 7) is 1.91. The Bertz CT molecular complexity index is 95.2. The Morgan fingerprint density at radius 3 is 2.11 bits per heavy atom. The van der Waals surface area contributed by atoms with Gasteiger partial charge in [-0.25, -0.2) is 0 Å². The summed E-state index contributed by atoms with van der Waals surface area (Å²) in [6, 6.07) is 0. The zero-order chi connectivity index (χ0) is 5.98. The Morgan fingerprint density at radius 1 is 1.33 bits per heavy atom. The average Bonchev–Trinajstić information content (AvgIpc) is 1.77. The molecule has 0 atom stereocenters. The number of likely N-dealkylation sites (tertiary alicyclic amines) is 1. The van der Waals surface area contributed by atoms with E-state index in [9.17, 15) is 4.79 Å². The van der Waals surface area contributed by atoms with Crippen molar-refractivity contribution in [1.82, 2.24) is 4.90 Å². The Labute approximate surface area is 72.6 Å². The first kappa shape index (κ1) is 9.36. The number of carbonyl (C=O) groups excluding carboxylic acids is 1. The van der Waals surface area contributed by atoms with E-state index in [0.717, 1.165) is 25.9 Å². The van der Waals surface area contributed by atoms with E-state index < -0.39 is 0 Å². The third-order valence-electron chi connectivity index (χ3n) is 1.54. The summed E-state index contributed by atoms with van der Waals surface area (Å²) in [6.07, 6.45) is 1.52. The molecule has 1 heterocycles. The molecule has 0 unspecified atom stereocenters. The number of carbonyl (C=O) groups is 1.